The topological polar surface area (TPSA) is 62.2 Å². The molecule has 0 aliphatic heterocycles. The van der Waals surface area contributed by atoms with Crippen LogP contribution in [0.4, 0.5) is 5.82 Å². The molecule has 0 bridgehead atoms. The van der Waals surface area contributed by atoms with E-state index < -0.39 is 5.97 Å². The van der Waals surface area contributed by atoms with Gasteiger partial charge in [0.05, 0.1) is 5.56 Å². The van der Waals surface area contributed by atoms with Crippen LogP contribution in [0.15, 0.2) is 12.1 Å². The van der Waals surface area contributed by atoms with Gasteiger partial charge in [-0.05, 0) is 44.2 Å². The summed E-state index contributed by atoms with van der Waals surface area (Å²) in [5.41, 5.74) is 1.10. The number of aromatic nitrogens is 1. The van der Waals surface area contributed by atoms with Gasteiger partial charge in [0.2, 0.25) is 0 Å². The normalized spacial score (nSPS) is 12.5. The first-order chi connectivity index (χ1) is 8.92. The molecule has 0 spiro atoms. The summed E-state index contributed by atoms with van der Waals surface area (Å²) in [6.07, 6.45) is 2.93. The number of carboxylic acids is 1. The van der Waals surface area contributed by atoms with E-state index in [1.807, 2.05) is 6.92 Å². The van der Waals surface area contributed by atoms with Gasteiger partial charge in [-0.1, -0.05) is 20.8 Å². The first-order valence-electron chi connectivity index (χ1n) is 6.93. The molecule has 1 unspecified atom stereocenters. The van der Waals surface area contributed by atoms with Crippen molar-refractivity contribution in [3.63, 3.8) is 0 Å². The average Bonchev–Trinajstić information content (AvgIpc) is 2.35. The Morgan fingerprint density at radius 1 is 1.32 bits per heavy atom. The molecule has 0 radical (unpaired) electrons. The number of carbonyl (C=O) groups is 1. The zero-order valence-corrected chi connectivity index (χ0v) is 12.2. The number of rotatable bonds is 7. The number of carboxylic acid groups (broad SMARTS) is 1. The lowest BCUT2D eigenvalue weighted by Crippen LogP contribution is -2.17. The van der Waals surface area contributed by atoms with Gasteiger partial charge in [0.15, 0.2) is 0 Å². The van der Waals surface area contributed by atoms with Crippen molar-refractivity contribution >= 4 is 11.8 Å². The summed E-state index contributed by atoms with van der Waals surface area (Å²) in [6.45, 7) is 8.47. The lowest BCUT2D eigenvalue weighted by atomic mass is 10.0. The molecule has 0 aromatic carbocycles. The molecule has 19 heavy (non-hydrogen) atoms. The van der Waals surface area contributed by atoms with Crippen LogP contribution in [-0.4, -0.2) is 22.1 Å². The molecule has 0 saturated carbocycles. The number of aryl methyl sites for hydroxylation is 1. The van der Waals surface area contributed by atoms with Crippen molar-refractivity contribution in [1.82, 2.24) is 4.98 Å². The van der Waals surface area contributed by atoms with E-state index in [1.165, 1.54) is 0 Å². The maximum Gasteiger partial charge on any atom is 0.335 e. The van der Waals surface area contributed by atoms with Crippen LogP contribution in [0.1, 0.15) is 56.6 Å². The van der Waals surface area contributed by atoms with Gasteiger partial charge in [-0.3, -0.25) is 0 Å². The second-order valence-corrected chi connectivity index (χ2v) is 5.41. The monoisotopic (exact) mass is 264 g/mol. The summed E-state index contributed by atoms with van der Waals surface area (Å²) in [7, 11) is 0. The van der Waals surface area contributed by atoms with E-state index in [1.54, 1.807) is 12.1 Å². The number of nitrogens with zero attached hydrogens (tertiary/aromatic N) is 1. The molecule has 0 saturated heterocycles. The fourth-order valence-corrected chi connectivity index (χ4v) is 1.87. The molecule has 1 atom stereocenters. The average molecular weight is 264 g/mol. The van der Waals surface area contributed by atoms with E-state index >= 15 is 0 Å². The van der Waals surface area contributed by atoms with Crippen molar-refractivity contribution < 1.29 is 9.90 Å². The molecule has 0 fully saturated rings. The zero-order chi connectivity index (χ0) is 14.4. The lowest BCUT2D eigenvalue weighted by Gasteiger charge is -2.16. The molecule has 106 valence electrons. The number of nitrogens with one attached hydrogen (secondary N) is 1. The Labute approximate surface area is 115 Å². The van der Waals surface area contributed by atoms with Gasteiger partial charge in [0.25, 0.3) is 0 Å². The van der Waals surface area contributed by atoms with E-state index in [-0.39, 0.29) is 0 Å². The first kappa shape index (κ1) is 15.5. The van der Waals surface area contributed by atoms with Crippen molar-refractivity contribution in [3.05, 3.63) is 23.4 Å². The molecule has 1 aromatic rings. The molecular formula is C15H24N2O2. The molecule has 0 amide bonds. The Bertz CT molecular complexity index is 430. The van der Waals surface area contributed by atoms with E-state index in [0.717, 1.165) is 25.0 Å². The van der Waals surface area contributed by atoms with E-state index in [9.17, 15) is 4.79 Å². The van der Waals surface area contributed by atoms with Crippen LogP contribution >= 0.6 is 0 Å². The third-order valence-electron chi connectivity index (χ3n) is 3.06. The molecule has 1 heterocycles. The van der Waals surface area contributed by atoms with Crippen LogP contribution in [0.25, 0.3) is 0 Å². The predicted molar refractivity (Wildman–Crippen MR) is 77.7 cm³/mol. The van der Waals surface area contributed by atoms with Crippen molar-refractivity contribution in [2.75, 3.05) is 5.32 Å². The van der Waals surface area contributed by atoms with E-state index in [4.69, 9.17) is 5.11 Å². The summed E-state index contributed by atoms with van der Waals surface area (Å²) in [4.78, 5) is 15.5. The van der Waals surface area contributed by atoms with Gasteiger partial charge in [0.1, 0.15) is 5.82 Å². The lowest BCUT2D eigenvalue weighted by molar-refractivity contribution is 0.0696. The number of anilines is 1. The minimum absolute atomic E-state index is 0.295. The summed E-state index contributed by atoms with van der Waals surface area (Å²) in [5.74, 6) is 0.428. The Kier molecular flexibility index (Phi) is 5.80. The molecule has 1 rings (SSSR count). The Morgan fingerprint density at radius 2 is 2.00 bits per heavy atom. The van der Waals surface area contributed by atoms with Gasteiger partial charge < -0.3 is 10.4 Å². The second-order valence-electron chi connectivity index (χ2n) is 5.41. The molecule has 4 nitrogen and oxygen atoms in total. The third kappa shape index (κ3) is 5.28. The van der Waals surface area contributed by atoms with Gasteiger partial charge in [0, 0.05) is 11.7 Å². The van der Waals surface area contributed by atoms with Gasteiger partial charge in [-0.25, -0.2) is 9.78 Å². The fraction of sp³-hybridized carbons (Fsp3) is 0.600. The second kappa shape index (κ2) is 7.12. The molecule has 2 N–H and O–H groups in total. The molecule has 0 aliphatic carbocycles. The Balaban J connectivity index is 2.76. The summed E-state index contributed by atoms with van der Waals surface area (Å²) in [5, 5.41) is 12.4. The quantitative estimate of drug-likeness (QED) is 0.790. The van der Waals surface area contributed by atoms with Crippen molar-refractivity contribution in [3.8, 4) is 0 Å². The summed E-state index contributed by atoms with van der Waals surface area (Å²) in [6, 6.07) is 3.53. The smallest absolute Gasteiger partial charge is 0.335 e. The van der Waals surface area contributed by atoms with E-state index in [0.29, 0.717) is 23.3 Å². The largest absolute Gasteiger partial charge is 0.478 e. The number of hydrogen-bond donors (Lipinski definition) is 2. The highest BCUT2D eigenvalue weighted by Crippen LogP contribution is 2.15. The highest BCUT2D eigenvalue weighted by Gasteiger charge is 2.10. The van der Waals surface area contributed by atoms with Crippen LogP contribution in [0.5, 0.6) is 0 Å². The molecule has 1 aromatic heterocycles. The minimum atomic E-state index is -0.907. The maximum atomic E-state index is 11.1. The van der Waals surface area contributed by atoms with Crippen LogP contribution in [0, 0.1) is 5.92 Å². The summed E-state index contributed by atoms with van der Waals surface area (Å²) < 4.78 is 0. The highest BCUT2D eigenvalue weighted by molar-refractivity contribution is 5.88. The maximum absolute atomic E-state index is 11.1. The SMILES string of the molecule is CCc1cc(C(=O)O)cc(NC(C)CCC(C)C)n1. The highest BCUT2D eigenvalue weighted by atomic mass is 16.4. The standard InChI is InChI=1S/C15H24N2O2/c1-5-13-8-12(15(18)19)9-14(17-13)16-11(4)7-6-10(2)3/h8-11H,5-7H2,1-4H3,(H,16,17)(H,18,19). The Hall–Kier alpha value is -1.58. The molecule has 0 aliphatic rings. The fourth-order valence-electron chi connectivity index (χ4n) is 1.87. The molecular weight excluding hydrogens is 240 g/mol. The number of hydrogen-bond acceptors (Lipinski definition) is 3. The van der Waals surface area contributed by atoms with E-state index in [2.05, 4.69) is 31.1 Å². The first-order valence-corrected chi connectivity index (χ1v) is 6.93. The predicted octanol–water partition coefficient (Wildman–Crippen LogP) is 3.58. The van der Waals surface area contributed by atoms with Crippen LogP contribution < -0.4 is 5.32 Å². The number of aromatic carboxylic acids is 1. The van der Waals surface area contributed by atoms with Gasteiger partial charge in [-0.2, -0.15) is 0 Å². The minimum Gasteiger partial charge on any atom is -0.478 e. The number of pyridine rings is 1. The van der Waals surface area contributed by atoms with Crippen molar-refractivity contribution in [2.45, 2.75) is 53.0 Å². The summed E-state index contributed by atoms with van der Waals surface area (Å²) >= 11 is 0. The third-order valence-corrected chi connectivity index (χ3v) is 3.06. The zero-order valence-electron chi connectivity index (χ0n) is 12.2. The van der Waals surface area contributed by atoms with Gasteiger partial charge >= 0.3 is 5.97 Å². The van der Waals surface area contributed by atoms with Crippen molar-refractivity contribution in [1.29, 1.82) is 0 Å². The van der Waals surface area contributed by atoms with Crippen LogP contribution in [0.2, 0.25) is 0 Å². The Morgan fingerprint density at radius 3 is 2.53 bits per heavy atom. The molecule has 4 heteroatoms. The van der Waals surface area contributed by atoms with Crippen LogP contribution in [0.3, 0.4) is 0 Å². The van der Waals surface area contributed by atoms with Gasteiger partial charge in [-0.15, -0.1) is 0 Å². The van der Waals surface area contributed by atoms with Crippen LogP contribution in [-0.2, 0) is 6.42 Å². The van der Waals surface area contributed by atoms with Crippen molar-refractivity contribution in [2.24, 2.45) is 5.92 Å².